The second-order valence-electron chi connectivity index (χ2n) is 9.83. The topological polar surface area (TPSA) is 44.4 Å². The standard InChI is InChI=1S/C24H24F3N3O/c25-17-5-4-16(19(26)20(17)27)22-28-21(18-3-1-2-6-30(18)22)23(31)29-24-10-13-7-14(11-24)9-15(8-13)12-24/h1-6,13-15,22,28H,7-12H2,(H,29,31). The van der Waals surface area contributed by atoms with Crippen molar-refractivity contribution in [1.82, 2.24) is 15.5 Å². The Morgan fingerprint density at radius 2 is 1.68 bits per heavy atom. The first-order valence-electron chi connectivity index (χ1n) is 11.0. The van der Waals surface area contributed by atoms with Crippen molar-refractivity contribution in [2.45, 2.75) is 50.2 Å². The van der Waals surface area contributed by atoms with Crippen molar-refractivity contribution < 1.29 is 18.0 Å². The predicted octanol–water partition coefficient (Wildman–Crippen LogP) is 4.39. The molecule has 4 aliphatic carbocycles. The minimum atomic E-state index is -1.51. The number of carbonyl (C=O) groups is 1. The Kier molecular flexibility index (Phi) is 4.08. The molecule has 0 spiro atoms. The van der Waals surface area contributed by atoms with Crippen LogP contribution in [0.4, 0.5) is 13.2 Å². The van der Waals surface area contributed by atoms with Gasteiger partial charge < -0.3 is 15.5 Å². The number of carbonyl (C=O) groups excluding carboxylic acids is 1. The summed E-state index contributed by atoms with van der Waals surface area (Å²) < 4.78 is 41.9. The van der Waals surface area contributed by atoms with Crippen molar-refractivity contribution in [3.05, 3.63) is 71.0 Å². The summed E-state index contributed by atoms with van der Waals surface area (Å²) in [6.07, 6.45) is 13.1. The molecule has 2 heterocycles. The minimum absolute atomic E-state index is 0.0473. The van der Waals surface area contributed by atoms with Gasteiger partial charge in [-0.3, -0.25) is 4.79 Å². The van der Waals surface area contributed by atoms with Crippen molar-refractivity contribution in [3.63, 3.8) is 0 Å². The van der Waals surface area contributed by atoms with E-state index in [0.717, 1.165) is 25.3 Å². The molecule has 7 heteroatoms. The lowest BCUT2D eigenvalue weighted by Crippen LogP contribution is -2.60. The Morgan fingerprint density at radius 3 is 2.35 bits per heavy atom. The normalized spacial score (nSPS) is 34.9. The van der Waals surface area contributed by atoms with Crippen LogP contribution in [0.5, 0.6) is 0 Å². The van der Waals surface area contributed by atoms with Gasteiger partial charge in [-0.15, -0.1) is 0 Å². The fourth-order valence-electron chi connectivity index (χ4n) is 6.90. The van der Waals surface area contributed by atoms with Crippen LogP contribution in [0.25, 0.3) is 0 Å². The van der Waals surface area contributed by atoms with Crippen LogP contribution >= 0.6 is 0 Å². The summed E-state index contributed by atoms with van der Waals surface area (Å²) in [4.78, 5) is 15.1. The van der Waals surface area contributed by atoms with Crippen molar-refractivity contribution in [2.24, 2.45) is 17.8 Å². The van der Waals surface area contributed by atoms with Gasteiger partial charge in [0.1, 0.15) is 11.9 Å². The zero-order valence-corrected chi connectivity index (χ0v) is 17.0. The maximum atomic E-state index is 14.5. The predicted molar refractivity (Wildman–Crippen MR) is 108 cm³/mol. The van der Waals surface area contributed by atoms with Gasteiger partial charge in [0.05, 0.1) is 5.70 Å². The lowest BCUT2D eigenvalue weighted by molar-refractivity contribution is -0.123. The van der Waals surface area contributed by atoms with Gasteiger partial charge >= 0.3 is 0 Å². The van der Waals surface area contributed by atoms with Gasteiger partial charge in [-0.1, -0.05) is 6.08 Å². The number of fused-ring (bicyclic) bond motifs is 1. The molecule has 4 saturated carbocycles. The molecule has 31 heavy (non-hydrogen) atoms. The zero-order valence-electron chi connectivity index (χ0n) is 17.0. The maximum absolute atomic E-state index is 14.5. The van der Waals surface area contributed by atoms with Crippen molar-refractivity contribution in [2.75, 3.05) is 0 Å². The Bertz CT molecular complexity index is 1030. The molecule has 1 unspecified atom stereocenters. The van der Waals surface area contributed by atoms with Crippen LogP contribution in [-0.2, 0) is 4.79 Å². The Balaban J connectivity index is 1.30. The number of allylic oxidation sites excluding steroid dienone is 3. The highest BCUT2D eigenvalue weighted by Crippen LogP contribution is 2.55. The highest BCUT2D eigenvalue weighted by atomic mass is 19.2. The summed E-state index contributed by atoms with van der Waals surface area (Å²) >= 11 is 0. The SMILES string of the molecule is O=C(NC12CC3CC(CC(C3)C1)C2)C1=C2C=CC=CN2C(c2ccc(F)c(F)c2F)N1. The van der Waals surface area contributed by atoms with E-state index in [-0.39, 0.29) is 17.0 Å². The number of nitrogens with one attached hydrogen (secondary N) is 2. The molecule has 6 aliphatic rings. The average Bonchev–Trinajstić information content (AvgIpc) is 3.11. The lowest BCUT2D eigenvalue weighted by Gasteiger charge is -2.56. The van der Waals surface area contributed by atoms with E-state index in [2.05, 4.69) is 10.6 Å². The largest absolute Gasteiger partial charge is 0.355 e. The number of nitrogens with zero attached hydrogens (tertiary/aromatic N) is 1. The summed E-state index contributed by atoms with van der Waals surface area (Å²) in [6, 6.07) is 2.13. The average molecular weight is 427 g/mol. The van der Waals surface area contributed by atoms with E-state index in [1.165, 1.54) is 25.3 Å². The van der Waals surface area contributed by atoms with Crippen LogP contribution < -0.4 is 10.6 Å². The fraction of sp³-hybridized carbons (Fsp3) is 0.458. The molecule has 0 saturated heterocycles. The summed E-state index contributed by atoms with van der Waals surface area (Å²) in [7, 11) is 0. The van der Waals surface area contributed by atoms with Gasteiger partial charge in [0.25, 0.3) is 5.91 Å². The van der Waals surface area contributed by atoms with Crippen LogP contribution in [0.3, 0.4) is 0 Å². The highest BCUT2D eigenvalue weighted by Gasteiger charge is 2.52. The van der Waals surface area contributed by atoms with E-state index >= 15 is 0 Å². The molecule has 7 rings (SSSR count). The summed E-state index contributed by atoms with van der Waals surface area (Å²) in [6.45, 7) is 0. The Labute approximate surface area is 178 Å². The van der Waals surface area contributed by atoms with Gasteiger partial charge in [-0.2, -0.15) is 0 Å². The summed E-state index contributed by atoms with van der Waals surface area (Å²) in [5.74, 6) is -2.13. The van der Waals surface area contributed by atoms with Crippen LogP contribution in [0, 0.1) is 35.2 Å². The van der Waals surface area contributed by atoms with Crippen LogP contribution in [-0.4, -0.2) is 16.3 Å². The summed E-state index contributed by atoms with van der Waals surface area (Å²) in [5, 5.41) is 6.42. The molecular formula is C24H24F3N3O. The fourth-order valence-corrected chi connectivity index (χ4v) is 6.90. The smallest absolute Gasteiger partial charge is 0.270 e. The van der Waals surface area contributed by atoms with Gasteiger partial charge in [0.2, 0.25) is 0 Å². The molecular weight excluding hydrogens is 403 g/mol. The Morgan fingerprint density at radius 1 is 1.00 bits per heavy atom. The van der Waals surface area contributed by atoms with E-state index in [4.69, 9.17) is 0 Å². The second-order valence-corrected chi connectivity index (χ2v) is 9.83. The second kappa shape index (κ2) is 6.65. The minimum Gasteiger partial charge on any atom is -0.355 e. The quantitative estimate of drug-likeness (QED) is 0.704. The first-order chi connectivity index (χ1) is 14.9. The molecule has 4 nitrogen and oxygen atoms in total. The molecule has 1 atom stereocenters. The van der Waals surface area contributed by atoms with Gasteiger partial charge in [0, 0.05) is 17.3 Å². The van der Waals surface area contributed by atoms with Gasteiger partial charge in [-0.25, -0.2) is 13.2 Å². The lowest BCUT2D eigenvalue weighted by atomic mass is 9.53. The zero-order chi connectivity index (χ0) is 21.3. The van der Waals surface area contributed by atoms with E-state index in [0.29, 0.717) is 29.1 Å². The van der Waals surface area contributed by atoms with Crippen LogP contribution in [0.1, 0.15) is 50.3 Å². The molecule has 1 aromatic carbocycles. The Hall–Kier alpha value is -2.70. The number of hydrogen-bond acceptors (Lipinski definition) is 3. The molecule has 2 N–H and O–H groups in total. The van der Waals surface area contributed by atoms with E-state index in [1.54, 1.807) is 29.3 Å². The number of amides is 1. The third-order valence-electron chi connectivity index (χ3n) is 7.71. The molecule has 1 aromatic rings. The number of halogens is 3. The molecule has 2 aliphatic heterocycles. The van der Waals surface area contributed by atoms with Gasteiger partial charge in [0.15, 0.2) is 17.5 Å². The van der Waals surface area contributed by atoms with E-state index in [9.17, 15) is 18.0 Å². The molecule has 1 amide bonds. The third kappa shape index (κ3) is 2.92. The van der Waals surface area contributed by atoms with Crippen LogP contribution in [0.2, 0.25) is 0 Å². The number of rotatable bonds is 3. The van der Waals surface area contributed by atoms with Crippen LogP contribution in [0.15, 0.2) is 48.0 Å². The third-order valence-corrected chi connectivity index (χ3v) is 7.71. The highest BCUT2D eigenvalue weighted by molar-refractivity contribution is 5.95. The van der Waals surface area contributed by atoms with E-state index in [1.807, 2.05) is 0 Å². The first kappa shape index (κ1) is 19.0. The van der Waals surface area contributed by atoms with Crippen molar-refractivity contribution in [1.29, 1.82) is 0 Å². The first-order valence-corrected chi connectivity index (χ1v) is 11.0. The van der Waals surface area contributed by atoms with Crippen molar-refractivity contribution >= 4 is 5.91 Å². The molecule has 162 valence electrons. The molecule has 0 aromatic heterocycles. The van der Waals surface area contributed by atoms with Gasteiger partial charge in [-0.05, 0) is 80.6 Å². The maximum Gasteiger partial charge on any atom is 0.270 e. The van der Waals surface area contributed by atoms with Crippen molar-refractivity contribution in [3.8, 4) is 0 Å². The molecule has 0 radical (unpaired) electrons. The monoisotopic (exact) mass is 427 g/mol. The summed E-state index contributed by atoms with van der Waals surface area (Å²) in [5.41, 5.74) is 0.726. The number of benzene rings is 1. The molecule has 4 bridgehead atoms. The van der Waals surface area contributed by atoms with E-state index < -0.39 is 23.6 Å². The number of hydrogen-bond donors (Lipinski definition) is 2. The molecule has 4 fully saturated rings.